The molecule has 112 valence electrons. The highest BCUT2D eigenvalue weighted by Gasteiger charge is 2.29. The number of aliphatic hydroxyl groups is 1. The number of aliphatic hydroxyl groups excluding tert-OH is 1. The quantitative estimate of drug-likeness (QED) is 0.699. The molecule has 1 amide bonds. The van der Waals surface area contributed by atoms with Gasteiger partial charge in [0.2, 0.25) is 10.0 Å². The second kappa shape index (κ2) is 5.55. The van der Waals surface area contributed by atoms with Gasteiger partial charge in [-0.05, 0) is 18.9 Å². The molecule has 7 nitrogen and oxygen atoms in total. The van der Waals surface area contributed by atoms with E-state index in [4.69, 9.17) is 5.14 Å². The van der Waals surface area contributed by atoms with Crippen LogP contribution in [0.1, 0.15) is 29.8 Å². The maximum atomic E-state index is 12.2. The van der Waals surface area contributed by atoms with Crippen LogP contribution in [0, 0.1) is 5.92 Å². The smallest absolute Gasteiger partial charge is 0.268 e. The molecule has 2 unspecified atom stereocenters. The van der Waals surface area contributed by atoms with E-state index in [0.717, 1.165) is 19.3 Å². The monoisotopic (exact) mass is 301 g/mol. The van der Waals surface area contributed by atoms with Crippen LogP contribution in [-0.2, 0) is 17.1 Å². The molecule has 1 aliphatic rings. The Kier molecular flexibility index (Phi) is 4.17. The van der Waals surface area contributed by atoms with Gasteiger partial charge >= 0.3 is 0 Å². The van der Waals surface area contributed by atoms with Crippen LogP contribution >= 0.6 is 0 Å². The molecule has 0 aliphatic heterocycles. The molecule has 8 heteroatoms. The first kappa shape index (κ1) is 15.0. The van der Waals surface area contributed by atoms with Crippen molar-refractivity contribution in [1.29, 1.82) is 0 Å². The van der Waals surface area contributed by atoms with Crippen molar-refractivity contribution >= 4 is 15.9 Å². The van der Waals surface area contributed by atoms with Gasteiger partial charge in [0.15, 0.2) is 0 Å². The Bertz CT molecular complexity index is 608. The van der Waals surface area contributed by atoms with Crippen molar-refractivity contribution in [3.8, 4) is 0 Å². The lowest BCUT2D eigenvalue weighted by Crippen LogP contribution is -2.39. The molecule has 1 aromatic rings. The van der Waals surface area contributed by atoms with Gasteiger partial charge in [0, 0.05) is 31.8 Å². The van der Waals surface area contributed by atoms with Crippen LogP contribution in [0.15, 0.2) is 17.2 Å². The number of carbonyl (C=O) groups is 1. The summed E-state index contributed by atoms with van der Waals surface area (Å²) in [4.78, 5) is 12.1. The number of nitrogens with one attached hydrogen (secondary N) is 1. The fourth-order valence-corrected chi connectivity index (χ4v) is 3.18. The largest absolute Gasteiger partial charge is 0.396 e. The average molecular weight is 301 g/mol. The number of rotatable bonds is 4. The van der Waals surface area contributed by atoms with Crippen LogP contribution in [0.4, 0.5) is 0 Å². The van der Waals surface area contributed by atoms with Crippen molar-refractivity contribution in [2.24, 2.45) is 18.1 Å². The Balaban J connectivity index is 2.16. The second-order valence-corrected chi connectivity index (χ2v) is 6.73. The van der Waals surface area contributed by atoms with Gasteiger partial charge in [-0.1, -0.05) is 6.42 Å². The summed E-state index contributed by atoms with van der Waals surface area (Å²) in [6, 6.07) is 1.19. The third-order valence-corrected chi connectivity index (χ3v) is 4.63. The van der Waals surface area contributed by atoms with E-state index >= 15 is 0 Å². The minimum Gasteiger partial charge on any atom is -0.396 e. The van der Waals surface area contributed by atoms with E-state index < -0.39 is 10.0 Å². The standard InChI is InChI=1S/C12H19N3O4S/c1-15-6-9(20(13,18)19)5-11(15)12(17)14-10-4-2-3-8(10)7-16/h5-6,8,10,16H,2-4,7H2,1H3,(H,14,17)(H2,13,18,19). The maximum absolute atomic E-state index is 12.2. The number of nitrogens with two attached hydrogens (primary N) is 1. The lowest BCUT2D eigenvalue weighted by Gasteiger charge is -2.19. The molecule has 2 rings (SSSR count). The van der Waals surface area contributed by atoms with Crippen LogP contribution < -0.4 is 10.5 Å². The van der Waals surface area contributed by atoms with Gasteiger partial charge in [0.25, 0.3) is 5.91 Å². The Hall–Kier alpha value is -1.38. The van der Waals surface area contributed by atoms with Gasteiger partial charge in [-0.25, -0.2) is 13.6 Å². The molecule has 1 heterocycles. The molecular formula is C12H19N3O4S. The molecular weight excluding hydrogens is 282 g/mol. The topological polar surface area (TPSA) is 114 Å². The van der Waals surface area contributed by atoms with E-state index in [0.29, 0.717) is 0 Å². The number of aryl methyl sites for hydroxylation is 1. The van der Waals surface area contributed by atoms with Crippen molar-refractivity contribution in [3.05, 3.63) is 18.0 Å². The third kappa shape index (κ3) is 3.02. The highest BCUT2D eigenvalue weighted by molar-refractivity contribution is 7.89. The van der Waals surface area contributed by atoms with Crippen LogP contribution in [0.25, 0.3) is 0 Å². The van der Waals surface area contributed by atoms with Gasteiger partial charge in [-0.3, -0.25) is 4.79 Å². The van der Waals surface area contributed by atoms with Crippen molar-refractivity contribution in [3.63, 3.8) is 0 Å². The predicted octanol–water partition coefficient (Wildman–Crippen LogP) is -0.437. The average Bonchev–Trinajstić information content (AvgIpc) is 2.94. The molecule has 1 aliphatic carbocycles. The first-order chi connectivity index (χ1) is 9.32. The fourth-order valence-electron chi connectivity index (χ4n) is 2.60. The molecule has 1 aromatic heterocycles. The summed E-state index contributed by atoms with van der Waals surface area (Å²) in [5.74, 6) is -0.287. The van der Waals surface area contributed by atoms with Crippen molar-refractivity contribution in [2.75, 3.05) is 6.61 Å². The summed E-state index contributed by atoms with van der Waals surface area (Å²) in [6.45, 7) is 0.0422. The van der Waals surface area contributed by atoms with Gasteiger partial charge in [-0.2, -0.15) is 0 Å². The van der Waals surface area contributed by atoms with Gasteiger partial charge < -0.3 is 15.0 Å². The van der Waals surface area contributed by atoms with Gasteiger partial charge in [-0.15, -0.1) is 0 Å². The van der Waals surface area contributed by atoms with Gasteiger partial charge in [0.05, 0.1) is 0 Å². The summed E-state index contributed by atoms with van der Waals surface area (Å²) in [6.07, 6.45) is 3.98. The summed E-state index contributed by atoms with van der Waals surface area (Å²) in [5.41, 5.74) is 0.234. The number of primary sulfonamides is 1. The van der Waals surface area contributed by atoms with E-state index in [2.05, 4.69) is 5.32 Å². The van der Waals surface area contributed by atoms with Crippen molar-refractivity contribution in [1.82, 2.24) is 9.88 Å². The molecule has 0 radical (unpaired) electrons. The Morgan fingerprint density at radius 1 is 1.55 bits per heavy atom. The molecule has 2 atom stereocenters. The van der Waals surface area contributed by atoms with Crippen molar-refractivity contribution < 1.29 is 18.3 Å². The SMILES string of the molecule is Cn1cc(S(N)(=O)=O)cc1C(=O)NC1CCCC1CO. The molecule has 0 spiro atoms. The number of nitrogens with zero attached hydrogens (tertiary/aromatic N) is 1. The van der Waals surface area contributed by atoms with Crippen LogP contribution in [0.2, 0.25) is 0 Å². The zero-order valence-corrected chi connectivity index (χ0v) is 12.1. The fraction of sp³-hybridized carbons (Fsp3) is 0.583. The normalized spacial score (nSPS) is 22.9. The number of sulfonamides is 1. The second-order valence-electron chi connectivity index (χ2n) is 5.17. The maximum Gasteiger partial charge on any atom is 0.268 e. The van der Waals surface area contributed by atoms with E-state index in [1.54, 1.807) is 7.05 Å². The Morgan fingerprint density at radius 2 is 2.25 bits per heavy atom. The summed E-state index contributed by atoms with van der Waals surface area (Å²) in [7, 11) is -2.24. The van der Waals surface area contributed by atoms with Gasteiger partial charge in [0.1, 0.15) is 10.6 Å². The molecule has 4 N–H and O–H groups in total. The summed E-state index contributed by atoms with van der Waals surface area (Å²) < 4.78 is 24.0. The highest BCUT2D eigenvalue weighted by Crippen LogP contribution is 2.25. The van der Waals surface area contributed by atoms with E-state index in [1.165, 1.54) is 16.8 Å². The number of hydrogen-bond acceptors (Lipinski definition) is 4. The highest BCUT2D eigenvalue weighted by atomic mass is 32.2. The zero-order valence-electron chi connectivity index (χ0n) is 11.2. The van der Waals surface area contributed by atoms with Crippen LogP contribution in [0.5, 0.6) is 0 Å². The lowest BCUT2D eigenvalue weighted by atomic mass is 10.1. The molecule has 0 bridgehead atoms. The van der Waals surface area contributed by atoms with Crippen molar-refractivity contribution in [2.45, 2.75) is 30.2 Å². The number of carbonyl (C=O) groups excluding carboxylic acids is 1. The summed E-state index contributed by atoms with van der Waals surface area (Å²) >= 11 is 0. The molecule has 1 saturated carbocycles. The first-order valence-corrected chi connectivity index (χ1v) is 7.98. The van der Waals surface area contributed by atoms with E-state index in [-0.39, 0.29) is 35.1 Å². The minimum atomic E-state index is -3.82. The first-order valence-electron chi connectivity index (χ1n) is 6.44. The Labute approximate surface area is 117 Å². The number of amides is 1. The minimum absolute atomic E-state index is 0.0422. The van der Waals surface area contributed by atoms with E-state index in [9.17, 15) is 18.3 Å². The molecule has 20 heavy (non-hydrogen) atoms. The lowest BCUT2D eigenvalue weighted by molar-refractivity contribution is 0.0908. The number of aromatic nitrogens is 1. The third-order valence-electron chi connectivity index (χ3n) is 3.75. The predicted molar refractivity (Wildman–Crippen MR) is 72.5 cm³/mol. The van der Waals surface area contributed by atoms with Crippen LogP contribution in [-0.4, -0.2) is 36.6 Å². The molecule has 1 fully saturated rings. The van der Waals surface area contributed by atoms with Crippen LogP contribution in [0.3, 0.4) is 0 Å². The summed E-state index contributed by atoms with van der Waals surface area (Å²) in [5, 5.41) is 17.1. The Morgan fingerprint density at radius 3 is 2.80 bits per heavy atom. The van der Waals surface area contributed by atoms with E-state index in [1.807, 2.05) is 0 Å². The zero-order chi connectivity index (χ0) is 14.9. The molecule has 0 aromatic carbocycles. The number of hydrogen-bond donors (Lipinski definition) is 3. The molecule has 0 saturated heterocycles.